The molecule has 10 nitrogen and oxygen atoms in total. The molecule has 0 aliphatic carbocycles. The van der Waals surface area contributed by atoms with Gasteiger partial charge in [0.25, 0.3) is 5.82 Å². The van der Waals surface area contributed by atoms with Crippen LogP contribution in [0.1, 0.15) is 31.3 Å². The number of benzene rings is 2. The van der Waals surface area contributed by atoms with Crippen LogP contribution in [0.4, 0.5) is 0 Å². The van der Waals surface area contributed by atoms with E-state index in [4.69, 9.17) is 4.74 Å². The molecule has 0 radical (unpaired) electrons. The highest BCUT2D eigenvalue weighted by molar-refractivity contribution is 7.13. The van der Waals surface area contributed by atoms with Crippen molar-refractivity contribution >= 4 is 23.3 Å². The molecule has 0 amide bonds. The molecule has 2 heterocycles. The van der Waals surface area contributed by atoms with Crippen molar-refractivity contribution in [3.05, 3.63) is 64.2 Å². The van der Waals surface area contributed by atoms with Gasteiger partial charge in [0, 0.05) is 15.5 Å². The Morgan fingerprint density at radius 3 is 2.16 bits per heavy atom. The highest BCUT2D eigenvalue weighted by Crippen LogP contribution is 2.22. The molecule has 0 atom stereocenters. The lowest BCUT2D eigenvalue weighted by molar-refractivity contribution is -0.734. The average molecular weight is 452 g/mol. The van der Waals surface area contributed by atoms with Crippen LogP contribution in [0.3, 0.4) is 0 Å². The van der Waals surface area contributed by atoms with Crippen molar-refractivity contribution in [1.82, 2.24) is 20.0 Å². The first kappa shape index (κ1) is 21.1. The first-order valence-electron chi connectivity index (χ1n) is 9.37. The number of hydrogen-bond acceptors (Lipinski definition) is 7. The molecule has 0 aliphatic heterocycles. The molecule has 32 heavy (non-hydrogen) atoms. The van der Waals surface area contributed by atoms with Crippen molar-refractivity contribution in [3.8, 4) is 28.0 Å². The van der Waals surface area contributed by atoms with E-state index < -0.39 is 11.9 Å². The van der Waals surface area contributed by atoms with Gasteiger partial charge in [0.15, 0.2) is 0 Å². The summed E-state index contributed by atoms with van der Waals surface area (Å²) in [5, 5.41) is 28.5. The lowest BCUT2D eigenvalue weighted by atomic mass is 10.1. The molecule has 2 aromatic heterocycles. The number of methoxy groups -OCH3 is 1. The van der Waals surface area contributed by atoms with Gasteiger partial charge in [-0.25, -0.2) is 9.59 Å². The van der Waals surface area contributed by atoms with Gasteiger partial charge in [-0.05, 0) is 71.0 Å². The summed E-state index contributed by atoms with van der Waals surface area (Å²) in [5.74, 6) is -1.49. The lowest BCUT2D eigenvalue weighted by Crippen LogP contribution is -2.43. The Labute approximate surface area is 186 Å². The average Bonchev–Trinajstić information content (AvgIpc) is 3.37. The van der Waals surface area contributed by atoms with E-state index in [1.807, 2.05) is 13.8 Å². The molecular formula is C21H18N5O5S+. The minimum absolute atomic E-state index is 0.181. The van der Waals surface area contributed by atoms with E-state index in [1.165, 1.54) is 33.1 Å². The third kappa shape index (κ3) is 3.93. The van der Waals surface area contributed by atoms with Crippen molar-refractivity contribution in [3.63, 3.8) is 0 Å². The van der Waals surface area contributed by atoms with E-state index in [9.17, 15) is 19.8 Å². The lowest BCUT2D eigenvalue weighted by Gasteiger charge is -2.03. The Morgan fingerprint density at radius 1 is 1.03 bits per heavy atom. The number of thiazole rings is 1. The second-order valence-electron chi connectivity index (χ2n) is 6.85. The summed E-state index contributed by atoms with van der Waals surface area (Å²) in [5.41, 5.74) is 1.37. The van der Waals surface area contributed by atoms with E-state index >= 15 is 0 Å². The molecule has 2 aromatic carbocycles. The van der Waals surface area contributed by atoms with Crippen LogP contribution >= 0.6 is 11.3 Å². The summed E-state index contributed by atoms with van der Waals surface area (Å²) < 4.78 is 5.19. The number of carboxylic acids is 2. The van der Waals surface area contributed by atoms with Crippen LogP contribution in [0.2, 0.25) is 0 Å². The smallest absolute Gasteiger partial charge is 0.364 e. The molecular weight excluding hydrogens is 434 g/mol. The number of carboxylic acid groups (broad SMARTS) is 2. The maximum Gasteiger partial charge on any atom is 0.364 e. The van der Waals surface area contributed by atoms with Crippen LogP contribution in [-0.2, 0) is 0 Å². The van der Waals surface area contributed by atoms with Crippen LogP contribution in [0.5, 0.6) is 5.75 Å². The van der Waals surface area contributed by atoms with Gasteiger partial charge in [0.1, 0.15) is 17.1 Å². The molecule has 0 unspecified atom stereocenters. The number of aromatic carboxylic acids is 2. The summed E-state index contributed by atoms with van der Waals surface area (Å²) in [6.07, 6.45) is 0. The first-order chi connectivity index (χ1) is 15.3. The molecule has 0 spiro atoms. The summed E-state index contributed by atoms with van der Waals surface area (Å²) in [6.45, 7) is 3.80. The zero-order chi connectivity index (χ0) is 23.0. The van der Waals surface area contributed by atoms with Crippen LogP contribution in [0.15, 0.2) is 42.5 Å². The fourth-order valence-corrected chi connectivity index (χ4v) is 3.80. The molecule has 0 saturated carbocycles. The van der Waals surface area contributed by atoms with Crippen LogP contribution < -0.4 is 9.53 Å². The normalized spacial score (nSPS) is 10.8. The fourth-order valence-electron chi connectivity index (χ4n) is 2.95. The molecule has 162 valence electrons. The molecule has 0 saturated heterocycles. The first-order valence-corrected chi connectivity index (χ1v) is 10.2. The third-order valence-corrected chi connectivity index (χ3v) is 5.78. The minimum atomic E-state index is -1.25. The van der Waals surface area contributed by atoms with Gasteiger partial charge in [-0.15, -0.1) is 0 Å². The summed E-state index contributed by atoms with van der Waals surface area (Å²) >= 11 is 1.39. The predicted octanol–water partition coefficient (Wildman–Crippen LogP) is 2.69. The maximum absolute atomic E-state index is 11.6. The SMILES string of the molecule is COc1ccc(-c2nn(-c3cc(C(=O)O)cc(C(=O)O)c3)[n+](-c3nc(C)c(C)s3)n2)cc1. The van der Waals surface area contributed by atoms with Gasteiger partial charge in [0.2, 0.25) is 0 Å². The number of tetrazole rings is 1. The zero-order valence-electron chi connectivity index (χ0n) is 17.3. The number of nitrogens with zero attached hydrogens (tertiary/aromatic N) is 5. The number of aromatic nitrogens is 5. The van der Waals surface area contributed by atoms with Gasteiger partial charge in [-0.3, -0.25) is 0 Å². The maximum atomic E-state index is 11.6. The molecule has 0 aliphatic rings. The Hall–Kier alpha value is -4.12. The van der Waals surface area contributed by atoms with Gasteiger partial charge >= 0.3 is 17.1 Å². The molecule has 4 rings (SSSR count). The fraction of sp³-hybridized carbons (Fsp3) is 0.143. The van der Waals surface area contributed by atoms with Crippen LogP contribution in [0.25, 0.3) is 22.2 Å². The Bertz CT molecular complexity index is 1290. The Kier molecular flexibility index (Phi) is 5.41. The molecule has 0 bridgehead atoms. The second-order valence-corrected chi connectivity index (χ2v) is 8.03. The van der Waals surface area contributed by atoms with E-state index in [1.54, 1.807) is 31.4 Å². The number of carbonyl (C=O) groups is 2. The molecule has 0 fully saturated rings. The monoisotopic (exact) mass is 452 g/mol. The number of rotatable bonds is 6. The number of aryl methyl sites for hydroxylation is 2. The molecule has 2 N–H and O–H groups in total. The molecule has 11 heteroatoms. The quantitative estimate of drug-likeness (QED) is 0.427. The highest BCUT2D eigenvalue weighted by Gasteiger charge is 2.26. The van der Waals surface area contributed by atoms with Crippen molar-refractivity contribution < 1.29 is 29.3 Å². The van der Waals surface area contributed by atoms with Gasteiger partial charge in [0.05, 0.1) is 18.2 Å². The topological polar surface area (TPSA) is 131 Å². The van der Waals surface area contributed by atoms with Crippen molar-refractivity contribution in [2.75, 3.05) is 7.11 Å². The minimum Gasteiger partial charge on any atom is -0.497 e. The standard InChI is InChI=1S/C21H17N5O5S/c1-11-12(2)32-21(22-11)26-24-18(13-4-6-17(31-3)7-5-13)23-25(26)16-9-14(19(27)28)8-15(10-16)20(29)30/h4-10H,1-3H3,(H-,27,28,29,30)/p+1. The largest absolute Gasteiger partial charge is 0.497 e. The van der Waals surface area contributed by atoms with E-state index in [0.717, 1.165) is 16.6 Å². The van der Waals surface area contributed by atoms with Crippen LogP contribution in [-0.4, -0.2) is 49.2 Å². The third-order valence-electron chi connectivity index (χ3n) is 4.74. The predicted molar refractivity (Wildman–Crippen MR) is 114 cm³/mol. The number of ether oxygens (including phenoxy) is 1. The molecule has 4 aromatic rings. The van der Waals surface area contributed by atoms with Crippen molar-refractivity contribution in [2.24, 2.45) is 0 Å². The van der Waals surface area contributed by atoms with Crippen molar-refractivity contribution in [2.45, 2.75) is 13.8 Å². The summed E-state index contributed by atoms with van der Waals surface area (Å²) in [4.78, 5) is 31.4. The van der Waals surface area contributed by atoms with Gasteiger partial charge in [-0.1, -0.05) is 16.3 Å². The van der Waals surface area contributed by atoms with Crippen molar-refractivity contribution in [1.29, 1.82) is 0 Å². The Morgan fingerprint density at radius 2 is 1.66 bits per heavy atom. The summed E-state index contributed by atoms with van der Waals surface area (Å²) in [7, 11) is 1.57. The van der Waals surface area contributed by atoms with Gasteiger partial charge in [-0.2, -0.15) is 0 Å². The summed E-state index contributed by atoms with van der Waals surface area (Å²) in [6, 6.07) is 10.9. The van der Waals surface area contributed by atoms with Gasteiger partial charge < -0.3 is 14.9 Å². The second kappa shape index (κ2) is 8.19. The van der Waals surface area contributed by atoms with E-state index in [0.29, 0.717) is 22.3 Å². The number of hydrogen-bond donors (Lipinski definition) is 2. The van der Waals surface area contributed by atoms with E-state index in [2.05, 4.69) is 15.2 Å². The van der Waals surface area contributed by atoms with E-state index in [-0.39, 0.29) is 16.8 Å². The Balaban J connectivity index is 1.95. The highest BCUT2D eigenvalue weighted by atomic mass is 32.1. The zero-order valence-corrected chi connectivity index (χ0v) is 18.1. The van der Waals surface area contributed by atoms with Crippen LogP contribution in [0, 0.1) is 13.8 Å².